The summed E-state index contributed by atoms with van der Waals surface area (Å²) in [5.41, 5.74) is 0.893. The highest BCUT2D eigenvalue weighted by Gasteiger charge is 2.38. The van der Waals surface area contributed by atoms with Gasteiger partial charge < -0.3 is 26.2 Å². The largest absolute Gasteiger partial charge is 0.354 e. The summed E-state index contributed by atoms with van der Waals surface area (Å²) in [5.74, 6) is 3.71. The molecule has 4 N–H and O–H groups in total. The van der Waals surface area contributed by atoms with Crippen molar-refractivity contribution in [3.8, 4) is 0 Å². The van der Waals surface area contributed by atoms with Crippen molar-refractivity contribution in [2.24, 2.45) is 11.8 Å². The van der Waals surface area contributed by atoms with Crippen LogP contribution in [0.15, 0.2) is 0 Å². The van der Waals surface area contributed by atoms with Crippen molar-refractivity contribution in [2.45, 2.75) is 156 Å². The molecular formula is C33H64N8. The third kappa shape index (κ3) is 11.5. The van der Waals surface area contributed by atoms with E-state index < -0.39 is 0 Å². The number of piperidine rings is 2. The lowest BCUT2D eigenvalue weighted by Gasteiger charge is -2.46. The van der Waals surface area contributed by atoms with Gasteiger partial charge in [-0.3, -0.25) is 0 Å². The minimum atomic E-state index is 0.223. The van der Waals surface area contributed by atoms with Crippen LogP contribution in [0.25, 0.3) is 0 Å². The molecule has 0 amide bonds. The Morgan fingerprint density at radius 1 is 0.610 bits per heavy atom. The fraction of sp³-hybridized carbons (Fsp3) is 0.909. The van der Waals surface area contributed by atoms with Crippen molar-refractivity contribution >= 4 is 17.8 Å². The smallest absolute Gasteiger partial charge is 0.231 e. The minimum absolute atomic E-state index is 0.223. The summed E-state index contributed by atoms with van der Waals surface area (Å²) in [7, 11) is 0. The van der Waals surface area contributed by atoms with Gasteiger partial charge in [-0.25, -0.2) is 0 Å². The van der Waals surface area contributed by atoms with E-state index in [4.69, 9.17) is 15.0 Å². The number of nitrogens with zero attached hydrogens (tertiary/aromatic N) is 4. The van der Waals surface area contributed by atoms with Gasteiger partial charge in [0.2, 0.25) is 17.8 Å². The van der Waals surface area contributed by atoms with Crippen LogP contribution in [0.2, 0.25) is 0 Å². The fourth-order valence-electron chi connectivity index (χ4n) is 8.16. The molecule has 0 spiro atoms. The topological polar surface area (TPSA) is 90.0 Å². The Morgan fingerprint density at radius 3 is 1.32 bits per heavy atom. The van der Waals surface area contributed by atoms with Gasteiger partial charge in [0.1, 0.15) is 0 Å². The molecule has 0 radical (unpaired) electrons. The van der Waals surface area contributed by atoms with Crippen molar-refractivity contribution < 1.29 is 0 Å². The molecule has 2 aliphatic heterocycles. The highest BCUT2D eigenvalue weighted by molar-refractivity contribution is 5.43. The first-order chi connectivity index (χ1) is 19.1. The summed E-state index contributed by atoms with van der Waals surface area (Å²) in [6, 6.07) is 0. The highest BCUT2D eigenvalue weighted by Crippen LogP contribution is 2.36. The molecule has 0 unspecified atom stereocenters. The summed E-state index contributed by atoms with van der Waals surface area (Å²) >= 11 is 0. The second-order valence-electron chi connectivity index (χ2n) is 15.6. The lowest BCUT2D eigenvalue weighted by atomic mass is 9.74. The maximum Gasteiger partial charge on any atom is 0.231 e. The van der Waals surface area contributed by atoms with Crippen LogP contribution in [-0.4, -0.2) is 63.3 Å². The average molecular weight is 573 g/mol. The van der Waals surface area contributed by atoms with Gasteiger partial charge in [0, 0.05) is 48.3 Å². The molecule has 3 rings (SSSR count). The van der Waals surface area contributed by atoms with E-state index in [9.17, 15) is 0 Å². The molecule has 2 saturated heterocycles. The van der Waals surface area contributed by atoms with Crippen molar-refractivity contribution in [1.82, 2.24) is 25.6 Å². The quantitative estimate of drug-likeness (QED) is 0.167. The van der Waals surface area contributed by atoms with Gasteiger partial charge >= 0.3 is 0 Å². The Morgan fingerprint density at radius 2 is 0.976 bits per heavy atom. The number of unbranched alkanes of at least 4 members (excludes halogenated alkanes) is 2. The Balaban J connectivity index is 1.47. The van der Waals surface area contributed by atoms with Crippen LogP contribution in [0.3, 0.4) is 0 Å². The molecule has 2 aliphatic rings. The molecule has 2 fully saturated rings. The van der Waals surface area contributed by atoms with Gasteiger partial charge in [-0.1, -0.05) is 25.7 Å². The summed E-state index contributed by atoms with van der Waals surface area (Å²) in [4.78, 5) is 16.5. The fourth-order valence-corrected chi connectivity index (χ4v) is 8.16. The normalized spacial score (nSPS) is 21.9. The number of anilines is 3. The lowest BCUT2D eigenvalue weighted by molar-refractivity contribution is 0.121. The summed E-state index contributed by atoms with van der Waals surface area (Å²) in [5, 5.41) is 14.6. The summed E-state index contributed by atoms with van der Waals surface area (Å²) in [6.07, 6.45) is 12.3. The Kier molecular flexibility index (Phi) is 11.7. The molecule has 8 heteroatoms. The van der Waals surface area contributed by atoms with Gasteiger partial charge in [-0.15, -0.1) is 0 Å². The second-order valence-corrected chi connectivity index (χ2v) is 15.6. The minimum Gasteiger partial charge on any atom is -0.354 e. The number of hydrogen-bond acceptors (Lipinski definition) is 8. The monoisotopic (exact) mass is 573 g/mol. The zero-order valence-electron chi connectivity index (χ0n) is 28.3. The maximum absolute atomic E-state index is 4.77. The summed E-state index contributed by atoms with van der Waals surface area (Å²) < 4.78 is 0. The Bertz CT molecular complexity index is 839. The number of rotatable bonds is 15. The van der Waals surface area contributed by atoms with Gasteiger partial charge in [0.15, 0.2) is 0 Å². The van der Waals surface area contributed by atoms with Crippen LogP contribution in [0.1, 0.15) is 133 Å². The number of aromatic nitrogens is 3. The lowest BCUT2D eigenvalue weighted by Crippen LogP contribution is -2.57. The van der Waals surface area contributed by atoms with Crippen molar-refractivity contribution in [3.05, 3.63) is 0 Å². The molecule has 3 heterocycles. The molecule has 41 heavy (non-hydrogen) atoms. The summed E-state index contributed by atoms with van der Waals surface area (Å²) in [6.45, 7) is 26.6. The third-order valence-electron chi connectivity index (χ3n) is 8.86. The first kappa shape index (κ1) is 33.8. The van der Waals surface area contributed by atoms with Crippen molar-refractivity contribution in [1.29, 1.82) is 0 Å². The second kappa shape index (κ2) is 14.2. The van der Waals surface area contributed by atoms with Gasteiger partial charge in [0.25, 0.3) is 0 Å². The van der Waals surface area contributed by atoms with Gasteiger partial charge in [0.05, 0.1) is 0 Å². The highest BCUT2D eigenvalue weighted by atomic mass is 15.3. The third-order valence-corrected chi connectivity index (χ3v) is 8.86. The predicted molar refractivity (Wildman–Crippen MR) is 176 cm³/mol. The predicted octanol–water partition coefficient (Wildman–Crippen LogP) is 7.00. The Labute approximate surface area is 252 Å². The molecular weight excluding hydrogens is 508 g/mol. The molecule has 1 aromatic heterocycles. The van der Waals surface area contributed by atoms with Gasteiger partial charge in [-0.05, 0) is 120 Å². The van der Waals surface area contributed by atoms with E-state index in [-0.39, 0.29) is 22.2 Å². The zero-order chi connectivity index (χ0) is 30.3. The molecule has 0 atom stereocenters. The van der Waals surface area contributed by atoms with E-state index in [1.165, 1.54) is 51.4 Å². The molecule has 0 saturated carbocycles. The first-order valence-electron chi connectivity index (χ1n) is 16.7. The van der Waals surface area contributed by atoms with Crippen molar-refractivity contribution in [3.63, 3.8) is 0 Å². The number of nitrogens with one attached hydrogen (secondary N) is 4. The van der Waals surface area contributed by atoms with Crippen molar-refractivity contribution in [2.75, 3.05) is 41.7 Å². The Hall–Kier alpha value is -1.67. The molecule has 8 nitrogen and oxygen atoms in total. The SMILES string of the molecule is CCN(CC)c1nc(NCCCCC2CC(C)(C)NC(C)(C)C2)nc(NCCCCC2CC(C)(C)NC(C)(C)C2)n1. The molecule has 0 bridgehead atoms. The van der Waals surface area contributed by atoms with Crippen LogP contribution in [0, 0.1) is 11.8 Å². The molecule has 1 aromatic rings. The average Bonchev–Trinajstić information content (AvgIpc) is 2.80. The zero-order valence-corrected chi connectivity index (χ0v) is 28.3. The standard InChI is InChI=1S/C33H64N8/c1-11-41(12-2)29-37-27(34-19-15-13-17-25-21-30(3,4)39-31(5,6)22-25)36-28(38-29)35-20-16-14-18-26-23-32(7,8)40-33(9,10)24-26/h25-26,39-40H,11-24H2,1-10H3,(H2,34,35,36,37,38). The van der Waals surface area contributed by atoms with Crippen LogP contribution in [0.5, 0.6) is 0 Å². The molecule has 0 aromatic carbocycles. The van der Waals surface area contributed by atoms with E-state index in [2.05, 4.69) is 95.4 Å². The number of hydrogen-bond donors (Lipinski definition) is 4. The first-order valence-corrected chi connectivity index (χ1v) is 16.7. The van der Waals surface area contributed by atoms with Crippen LogP contribution < -0.4 is 26.2 Å². The maximum atomic E-state index is 4.77. The van der Waals surface area contributed by atoms with Gasteiger partial charge in [-0.2, -0.15) is 15.0 Å². The van der Waals surface area contributed by atoms with E-state index in [0.717, 1.165) is 56.8 Å². The van der Waals surface area contributed by atoms with Crippen LogP contribution in [-0.2, 0) is 0 Å². The van der Waals surface area contributed by atoms with Crippen LogP contribution >= 0.6 is 0 Å². The molecule has 0 aliphatic carbocycles. The van der Waals surface area contributed by atoms with Crippen LogP contribution in [0.4, 0.5) is 17.8 Å². The molecule has 236 valence electrons. The van der Waals surface area contributed by atoms with E-state index in [0.29, 0.717) is 11.9 Å². The van der Waals surface area contributed by atoms with E-state index >= 15 is 0 Å². The van der Waals surface area contributed by atoms with E-state index in [1.54, 1.807) is 0 Å². The van der Waals surface area contributed by atoms with E-state index in [1.807, 2.05) is 0 Å².